The van der Waals surface area contributed by atoms with E-state index in [0.29, 0.717) is 11.5 Å². The van der Waals surface area contributed by atoms with Crippen LogP contribution in [0.3, 0.4) is 0 Å². The molecule has 4 aromatic rings. The van der Waals surface area contributed by atoms with E-state index < -0.39 is 4.92 Å². The Bertz CT molecular complexity index is 1100. The number of pyridine rings is 1. The van der Waals surface area contributed by atoms with Gasteiger partial charge in [0.05, 0.1) is 4.92 Å². The molecule has 0 aliphatic rings. The number of nitro groups is 1. The fourth-order valence-corrected chi connectivity index (χ4v) is 2.72. The Balaban J connectivity index is 1.84. The van der Waals surface area contributed by atoms with Crippen molar-refractivity contribution in [2.45, 2.75) is 0 Å². The zero-order chi connectivity index (χ0) is 17.9. The molecular weight excluding hydrogens is 328 g/mol. The summed E-state index contributed by atoms with van der Waals surface area (Å²) in [6.45, 7) is 0. The number of aromatic nitrogens is 2. The van der Waals surface area contributed by atoms with Gasteiger partial charge in [-0.2, -0.15) is 0 Å². The number of rotatable bonds is 4. The smallest absolute Gasteiger partial charge is 0.269 e. The molecule has 0 saturated carbocycles. The minimum atomic E-state index is -0.415. The van der Waals surface area contributed by atoms with Gasteiger partial charge in [-0.05, 0) is 29.8 Å². The molecular formula is C20H14N4O2. The second kappa shape index (κ2) is 6.60. The van der Waals surface area contributed by atoms with Crippen LogP contribution < -0.4 is 0 Å². The maximum absolute atomic E-state index is 10.9. The zero-order valence-corrected chi connectivity index (χ0v) is 13.7. The lowest BCUT2D eigenvalue weighted by atomic mass is 10.1. The molecule has 4 rings (SSSR count). The second-order valence-corrected chi connectivity index (χ2v) is 5.69. The molecule has 0 amide bonds. The van der Waals surface area contributed by atoms with Gasteiger partial charge in [0.2, 0.25) is 0 Å². The number of nitrogens with zero attached hydrogens (tertiary/aromatic N) is 4. The normalized spacial score (nSPS) is 11.2. The highest BCUT2D eigenvalue weighted by atomic mass is 16.6. The molecule has 26 heavy (non-hydrogen) atoms. The van der Waals surface area contributed by atoms with Gasteiger partial charge in [0, 0.05) is 30.1 Å². The van der Waals surface area contributed by atoms with Gasteiger partial charge in [-0.15, -0.1) is 0 Å². The van der Waals surface area contributed by atoms with Crippen LogP contribution >= 0.6 is 0 Å². The van der Waals surface area contributed by atoms with Crippen molar-refractivity contribution in [1.29, 1.82) is 0 Å². The number of imidazole rings is 1. The third-order valence-corrected chi connectivity index (χ3v) is 3.99. The van der Waals surface area contributed by atoms with Crippen molar-refractivity contribution < 1.29 is 4.92 Å². The van der Waals surface area contributed by atoms with E-state index in [1.54, 1.807) is 18.3 Å². The second-order valence-electron chi connectivity index (χ2n) is 5.69. The van der Waals surface area contributed by atoms with Crippen molar-refractivity contribution in [1.82, 2.24) is 9.38 Å². The summed E-state index contributed by atoms with van der Waals surface area (Å²) in [5.41, 5.74) is 3.25. The van der Waals surface area contributed by atoms with Crippen LogP contribution in [-0.2, 0) is 0 Å². The first-order valence-corrected chi connectivity index (χ1v) is 8.03. The van der Waals surface area contributed by atoms with E-state index in [1.807, 2.05) is 59.1 Å². The quantitative estimate of drug-likeness (QED) is 0.307. The lowest BCUT2D eigenvalue weighted by molar-refractivity contribution is -0.384. The van der Waals surface area contributed by atoms with Gasteiger partial charge in [-0.1, -0.05) is 36.4 Å². The van der Waals surface area contributed by atoms with Gasteiger partial charge >= 0.3 is 0 Å². The summed E-state index contributed by atoms with van der Waals surface area (Å²) < 4.78 is 1.90. The number of nitro benzene ring substituents is 1. The Morgan fingerprint density at radius 2 is 1.69 bits per heavy atom. The van der Waals surface area contributed by atoms with Crippen LogP contribution in [0.5, 0.6) is 0 Å². The molecule has 0 aliphatic heterocycles. The largest absolute Gasteiger partial charge is 0.284 e. The van der Waals surface area contributed by atoms with Gasteiger partial charge in [-0.25, -0.2) is 9.98 Å². The van der Waals surface area contributed by atoms with E-state index in [0.717, 1.165) is 16.8 Å². The Morgan fingerprint density at radius 3 is 2.42 bits per heavy atom. The lowest BCUT2D eigenvalue weighted by Gasteiger charge is -2.00. The number of benzene rings is 2. The van der Waals surface area contributed by atoms with Gasteiger partial charge in [0.15, 0.2) is 5.82 Å². The molecule has 0 atom stereocenters. The molecule has 2 aromatic heterocycles. The predicted molar refractivity (Wildman–Crippen MR) is 101 cm³/mol. The average Bonchev–Trinajstić information content (AvgIpc) is 3.06. The number of fused-ring (bicyclic) bond motifs is 1. The predicted octanol–water partition coefficient (Wildman–Crippen LogP) is 4.66. The zero-order valence-electron chi connectivity index (χ0n) is 13.7. The first kappa shape index (κ1) is 15.7. The van der Waals surface area contributed by atoms with E-state index in [9.17, 15) is 10.1 Å². The third-order valence-electron chi connectivity index (χ3n) is 3.99. The SMILES string of the molecule is O=[N+]([O-])c1ccc(-c2nc3ccccn3c2/N=C/c2ccccc2)cc1. The first-order chi connectivity index (χ1) is 12.7. The average molecular weight is 342 g/mol. The van der Waals surface area contributed by atoms with Crippen LogP contribution in [-0.4, -0.2) is 20.5 Å². The Kier molecular flexibility index (Phi) is 3.99. The number of aliphatic imine (C=N–C) groups is 1. The maximum Gasteiger partial charge on any atom is 0.269 e. The van der Waals surface area contributed by atoms with Crippen molar-refractivity contribution in [2.75, 3.05) is 0 Å². The van der Waals surface area contributed by atoms with Crippen LogP contribution in [0.2, 0.25) is 0 Å². The molecule has 0 fully saturated rings. The summed E-state index contributed by atoms with van der Waals surface area (Å²) in [6.07, 6.45) is 3.68. The molecule has 0 saturated heterocycles. The van der Waals surface area contributed by atoms with Gasteiger partial charge in [0.1, 0.15) is 11.3 Å². The highest BCUT2D eigenvalue weighted by Crippen LogP contribution is 2.31. The molecule has 126 valence electrons. The first-order valence-electron chi connectivity index (χ1n) is 8.03. The van der Waals surface area contributed by atoms with Crippen molar-refractivity contribution in [3.63, 3.8) is 0 Å². The fourth-order valence-electron chi connectivity index (χ4n) is 2.72. The van der Waals surface area contributed by atoms with Crippen LogP contribution in [0.1, 0.15) is 5.56 Å². The van der Waals surface area contributed by atoms with Gasteiger partial charge < -0.3 is 0 Å². The van der Waals surface area contributed by atoms with E-state index in [-0.39, 0.29) is 5.69 Å². The summed E-state index contributed by atoms with van der Waals surface area (Å²) >= 11 is 0. The standard InChI is InChI=1S/C20H14N4O2/c25-24(26)17-11-9-16(10-12-17)19-20(21-14-15-6-2-1-3-7-15)23-13-5-4-8-18(23)22-19/h1-14H/b21-14+. The van der Waals surface area contributed by atoms with Crippen LogP contribution in [0, 0.1) is 10.1 Å². The summed E-state index contributed by atoms with van der Waals surface area (Å²) in [5.74, 6) is 0.679. The highest BCUT2D eigenvalue weighted by Gasteiger charge is 2.14. The van der Waals surface area contributed by atoms with E-state index in [1.165, 1.54) is 12.1 Å². The van der Waals surface area contributed by atoms with Gasteiger partial charge in [-0.3, -0.25) is 14.5 Å². The molecule has 0 aliphatic carbocycles. The maximum atomic E-state index is 10.9. The highest BCUT2D eigenvalue weighted by molar-refractivity contribution is 5.85. The van der Waals surface area contributed by atoms with Gasteiger partial charge in [0.25, 0.3) is 5.69 Å². The minimum Gasteiger partial charge on any atom is -0.284 e. The topological polar surface area (TPSA) is 72.8 Å². The minimum absolute atomic E-state index is 0.0480. The molecule has 0 spiro atoms. The molecule has 0 bridgehead atoms. The van der Waals surface area contributed by atoms with E-state index in [4.69, 9.17) is 0 Å². The molecule has 0 radical (unpaired) electrons. The summed E-state index contributed by atoms with van der Waals surface area (Å²) in [7, 11) is 0. The number of hydrogen-bond donors (Lipinski definition) is 0. The van der Waals surface area contributed by atoms with Crippen LogP contribution in [0.15, 0.2) is 84.0 Å². The third kappa shape index (κ3) is 2.95. The van der Waals surface area contributed by atoms with E-state index >= 15 is 0 Å². The Morgan fingerprint density at radius 1 is 0.962 bits per heavy atom. The molecule has 2 aromatic carbocycles. The fraction of sp³-hybridized carbons (Fsp3) is 0. The van der Waals surface area contributed by atoms with Crippen LogP contribution in [0.25, 0.3) is 16.9 Å². The number of hydrogen-bond acceptors (Lipinski definition) is 4. The Labute approximate surface area is 149 Å². The van der Waals surface area contributed by atoms with E-state index in [2.05, 4.69) is 9.98 Å². The van der Waals surface area contributed by atoms with Crippen molar-refractivity contribution in [2.24, 2.45) is 4.99 Å². The summed E-state index contributed by atoms with van der Waals surface area (Å²) in [6, 6.07) is 21.9. The molecule has 2 heterocycles. The molecule has 0 unspecified atom stereocenters. The summed E-state index contributed by atoms with van der Waals surface area (Å²) in [4.78, 5) is 19.8. The van der Waals surface area contributed by atoms with Crippen molar-refractivity contribution >= 4 is 23.4 Å². The summed E-state index contributed by atoms with van der Waals surface area (Å²) in [5, 5.41) is 10.9. The lowest BCUT2D eigenvalue weighted by Crippen LogP contribution is -1.88. The molecule has 6 heteroatoms. The number of non-ortho nitro benzene ring substituents is 1. The monoisotopic (exact) mass is 342 g/mol. The molecule has 6 nitrogen and oxygen atoms in total. The van der Waals surface area contributed by atoms with Crippen LogP contribution in [0.4, 0.5) is 11.5 Å². The van der Waals surface area contributed by atoms with Crippen molar-refractivity contribution in [3.8, 4) is 11.3 Å². The molecule has 0 N–H and O–H groups in total. The van der Waals surface area contributed by atoms with Crippen molar-refractivity contribution in [3.05, 3.63) is 94.7 Å². The Hall–Kier alpha value is -3.80.